The van der Waals surface area contributed by atoms with Crippen LogP contribution in [0.15, 0.2) is 47.6 Å². The van der Waals surface area contributed by atoms with Gasteiger partial charge in [0.15, 0.2) is 11.6 Å². The minimum absolute atomic E-state index is 0.0273. The second kappa shape index (κ2) is 7.61. The van der Waals surface area contributed by atoms with E-state index >= 15 is 0 Å². The Morgan fingerprint density at radius 2 is 1.92 bits per heavy atom. The fourth-order valence-electron chi connectivity index (χ4n) is 2.62. The molecule has 0 aliphatic rings. The van der Waals surface area contributed by atoms with E-state index in [9.17, 15) is 9.59 Å². The molecule has 3 rings (SSSR count). The van der Waals surface area contributed by atoms with Crippen LogP contribution < -0.4 is 0 Å². The third-order valence-electron chi connectivity index (χ3n) is 3.95. The number of tetrazole rings is 1. The van der Waals surface area contributed by atoms with E-state index in [0.29, 0.717) is 22.0 Å². The van der Waals surface area contributed by atoms with Gasteiger partial charge in [-0.15, -0.1) is 5.10 Å². The number of Topliss-reactive ketones (excluding diaryl/α,β-unsaturated/α-hetero) is 2. The fourth-order valence-corrected chi connectivity index (χ4v) is 3.40. The molecule has 0 atom stereocenters. The van der Waals surface area contributed by atoms with Gasteiger partial charge in [0.2, 0.25) is 5.16 Å². The van der Waals surface area contributed by atoms with E-state index in [0.717, 1.165) is 11.1 Å². The van der Waals surface area contributed by atoms with Crippen molar-refractivity contribution in [1.82, 2.24) is 20.2 Å². The van der Waals surface area contributed by atoms with Crippen molar-refractivity contribution in [2.24, 2.45) is 0 Å². The summed E-state index contributed by atoms with van der Waals surface area (Å²) in [7, 11) is 0. The van der Waals surface area contributed by atoms with Crippen molar-refractivity contribution in [3.63, 3.8) is 0 Å². The molecule has 0 saturated heterocycles. The normalized spacial score (nSPS) is 10.7. The number of carbonyl (C=O) groups is 2. The molecule has 0 fully saturated rings. The van der Waals surface area contributed by atoms with Crippen LogP contribution in [0.1, 0.15) is 38.8 Å². The molecule has 0 spiro atoms. The molecular formula is C19H18N4O2S. The molecule has 0 amide bonds. The molecule has 3 aromatic rings. The van der Waals surface area contributed by atoms with Gasteiger partial charge in [-0.25, -0.2) is 0 Å². The monoisotopic (exact) mass is 366 g/mol. The van der Waals surface area contributed by atoms with Crippen molar-refractivity contribution >= 4 is 23.3 Å². The number of aryl methyl sites for hydroxylation is 2. The van der Waals surface area contributed by atoms with E-state index in [1.54, 1.807) is 18.2 Å². The Hall–Kier alpha value is -2.80. The molecule has 0 N–H and O–H groups in total. The van der Waals surface area contributed by atoms with Crippen LogP contribution in [0, 0.1) is 13.8 Å². The molecular weight excluding hydrogens is 348 g/mol. The highest BCUT2D eigenvalue weighted by Gasteiger charge is 2.15. The molecule has 0 saturated carbocycles. The topological polar surface area (TPSA) is 77.7 Å². The summed E-state index contributed by atoms with van der Waals surface area (Å²) in [6.07, 6.45) is 0. The second-order valence-electron chi connectivity index (χ2n) is 6.01. The number of hydrogen-bond donors (Lipinski definition) is 0. The maximum absolute atomic E-state index is 12.5. The lowest BCUT2D eigenvalue weighted by atomic mass is 10.0. The molecule has 0 radical (unpaired) electrons. The largest absolute Gasteiger partial charge is 0.295 e. The summed E-state index contributed by atoms with van der Waals surface area (Å²) in [5, 5.41) is 12.2. The lowest BCUT2D eigenvalue weighted by molar-refractivity contribution is 0.101. The fraction of sp³-hybridized carbons (Fsp3) is 0.211. The highest BCUT2D eigenvalue weighted by molar-refractivity contribution is 7.99. The third-order valence-corrected chi connectivity index (χ3v) is 4.87. The molecule has 0 aliphatic heterocycles. The molecule has 132 valence electrons. The van der Waals surface area contributed by atoms with Crippen LogP contribution in [0.4, 0.5) is 0 Å². The van der Waals surface area contributed by atoms with Crippen molar-refractivity contribution in [2.75, 3.05) is 5.75 Å². The van der Waals surface area contributed by atoms with Crippen LogP contribution in [0.3, 0.4) is 0 Å². The number of aromatic nitrogens is 4. The van der Waals surface area contributed by atoms with Gasteiger partial charge in [0.25, 0.3) is 0 Å². The van der Waals surface area contributed by atoms with Gasteiger partial charge in [0.1, 0.15) is 0 Å². The number of thioether (sulfide) groups is 1. The lowest BCUT2D eigenvalue weighted by Crippen LogP contribution is -2.07. The molecule has 0 unspecified atom stereocenters. The molecule has 2 aromatic carbocycles. The SMILES string of the molecule is CC(=O)c1cccc(-n2nnnc2SCC(=O)c2ccc(C)cc2C)c1. The van der Waals surface area contributed by atoms with Crippen LogP contribution in [-0.2, 0) is 0 Å². The van der Waals surface area contributed by atoms with Gasteiger partial charge in [-0.05, 0) is 48.9 Å². The van der Waals surface area contributed by atoms with Gasteiger partial charge in [0.05, 0.1) is 11.4 Å². The quantitative estimate of drug-likeness (QED) is 0.491. The number of benzene rings is 2. The Kier molecular flexibility index (Phi) is 5.27. The zero-order chi connectivity index (χ0) is 18.7. The van der Waals surface area contributed by atoms with Crippen LogP contribution in [0.2, 0.25) is 0 Å². The molecule has 0 aliphatic carbocycles. The Labute approximate surface area is 155 Å². The predicted octanol–water partition coefficient (Wildman–Crippen LogP) is 3.46. The van der Waals surface area contributed by atoms with E-state index in [1.165, 1.54) is 23.4 Å². The summed E-state index contributed by atoms with van der Waals surface area (Å²) in [6.45, 7) is 5.44. The number of rotatable bonds is 6. The Bertz CT molecular complexity index is 981. The first kappa shape index (κ1) is 18.0. The minimum Gasteiger partial charge on any atom is -0.295 e. The summed E-state index contributed by atoms with van der Waals surface area (Å²) >= 11 is 1.27. The van der Waals surface area contributed by atoms with E-state index in [4.69, 9.17) is 0 Å². The van der Waals surface area contributed by atoms with Crippen LogP contribution in [0.5, 0.6) is 0 Å². The molecule has 0 bridgehead atoms. The smallest absolute Gasteiger partial charge is 0.214 e. The summed E-state index contributed by atoms with van der Waals surface area (Å²) in [5.41, 5.74) is 4.07. The Balaban J connectivity index is 1.78. The van der Waals surface area contributed by atoms with Crippen molar-refractivity contribution in [3.8, 4) is 5.69 Å². The van der Waals surface area contributed by atoms with Gasteiger partial charge >= 0.3 is 0 Å². The van der Waals surface area contributed by atoms with E-state index in [2.05, 4.69) is 15.5 Å². The average Bonchev–Trinajstić information content (AvgIpc) is 3.08. The predicted molar refractivity (Wildman–Crippen MR) is 100 cm³/mol. The Morgan fingerprint density at radius 1 is 1.12 bits per heavy atom. The minimum atomic E-state index is -0.0286. The van der Waals surface area contributed by atoms with Gasteiger partial charge < -0.3 is 0 Å². The summed E-state index contributed by atoms with van der Waals surface area (Å²) < 4.78 is 1.53. The number of ketones is 2. The summed E-state index contributed by atoms with van der Waals surface area (Å²) in [4.78, 5) is 24.1. The van der Waals surface area contributed by atoms with Crippen molar-refractivity contribution < 1.29 is 9.59 Å². The first-order valence-corrected chi connectivity index (χ1v) is 9.07. The van der Waals surface area contributed by atoms with Crippen molar-refractivity contribution in [2.45, 2.75) is 25.9 Å². The van der Waals surface area contributed by atoms with Crippen LogP contribution >= 0.6 is 11.8 Å². The van der Waals surface area contributed by atoms with E-state index in [1.807, 2.05) is 38.1 Å². The molecule has 26 heavy (non-hydrogen) atoms. The zero-order valence-electron chi connectivity index (χ0n) is 14.8. The molecule has 7 heteroatoms. The van der Waals surface area contributed by atoms with Gasteiger partial charge in [-0.2, -0.15) is 4.68 Å². The lowest BCUT2D eigenvalue weighted by Gasteiger charge is -2.07. The number of carbonyl (C=O) groups excluding carboxylic acids is 2. The standard InChI is InChI=1S/C19H18N4O2S/c1-12-7-8-17(13(2)9-12)18(25)11-26-19-20-21-22-23(19)16-6-4-5-15(10-16)14(3)24/h4-10H,11H2,1-3H3. The van der Waals surface area contributed by atoms with Crippen molar-refractivity contribution in [1.29, 1.82) is 0 Å². The number of hydrogen-bond acceptors (Lipinski definition) is 6. The highest BCUT2D eigenvalue weighted by atomic mass is 32.2. The molecule has 1 heterocycles. The highest BCUT2D eigenvalue weighted by Crippen LogP contribution is 2.21. The average molecular weight is 366 g/mol. The van der Waals surface area contributed by atoms with Gasteiger partial charge in [-0.3, -0.25) is 9.59 Å². The summed E-state index contributed by atoms with van der Waals surface area (Å²) in [6, 6.07) is 12.9. The maximum atomic E-state index is 12.5. The van der Waals surface area contributed by atoms with E-state index < -0.39 is 0 Å². The summed E-state index contributed by atoms with van der Waals surface area (Å²) in [5.74, 6) is 0.232. The zero-order valence-corrected chi connectivity index (χ0v) is 15.6. The Morgan fingerprint density at radius 3 is 2.65 bits per heavy atom. The van der Waals surface area contributed by atoms with Gasteiger partial charge in [0, 0.05) is 11.1 Å². The van der Waals surface area contributed by atoms with E-state index in [-0.39, 0.29) is 17.3 Å². The molecule has 1 aromatic heterocycles. The molecule has 6 nitrogen and oxygen atoms in total. The van der Waals surface area contributed by atoms with Crippen molar-refractivity contribution in [3.05, 3.63) is 64.7 Å². The number of nitrogens with zero attached hydrogens (tertiary/aromatic N) is 4. The van der Waals surface area contributed by atoms with Crippen LogP contribution in [-0.4, -0.2) is 37.5 Å². The van der Waals surface area contributed by atoms with Gasteiger partial charge in [-0.1, -0.05) is 47.7 Å². The van der Waals surface area contributed by atoms with Crippen LogP contribution in [0.25, 0.3) is 5.69 Å². The third kappa shape index (κ3) is 3.88. The first-order chi connectivity index (χ1) is 12.5. The maximum Gasteiger partial charge on any atom is 0.214 e. The second-order valence-corrected chi connectivity index (χ2v) is 6.95. The first-order valence-electron chi connectivity index (χ1n) is 8.08.